The Kier molecular flexibility index (Phi) is 10.7. The van der Waals surface area contributed by atoms with E-state index in [9.17, 15) is 19.2 Å². The Morgan fingerprint density at radius 3 is 1.71 bits per heavy atom. The monoisotopic (exact) mass is 522 g/mol. The Labute approximate surface area is 219 Å². The minimum absolute atomic E-state index is 0.0375. The number of hydrogen-bond acceptors (Lipinski definition) is 10. The number of carbonyl (C=O) groups is 4. The average Bonchev–Trinajstić information content (AvgIpc) is 2.96. The van der Waals surface area contributed by atoms with Gasteiger partial charge in [-0.25, -0.2) is 19.2 Å². The van der Waals surface area contributed by atoms with E-state index in [2.05, 4.69) is 4.74 Å². The van der Waals surface area contributed by atoms with Crippen LogP contribution in [0, 0.1) is 0 Å². The molecule has 0 saturated carbocycles. The first-order valence-corrected chi connectivity index (χ1v) is 11.5. The van der Waals surface area contributed by atoms with Crippen LogP contribution in [0.2, 0.25) is 0 Å². The highest BCUT2D eigenvalue weighted by Gasteiger charge is 2.31. The van der Waals surface area contributed by atoms with E-state index >= 15 is 0 Å². The van der Waals surface area contributed by atoms with E-state index < -0.39 is 43.2 Å². The molecule has 0 amide bonds. The van der Waals surface area contributed by atoms with Crippen LogP contribution in [0.15, 0.2) is 84.9 Å². The SMILES string of the molecule is COC(=O)[C@H](Oc1ccc(OCC(=O)OCC(=O)OCc2ccccc2)cc1)C(=O)OCc1ccccc1. The number of methoxy groups -OCH3 is 1. The van der Waals surface area contributed by atoms with E-state index in [-0.39, 0.29) is 24.7 Å². The van der Waals surface area contributed by atoms with Crippen molar-refractivity contribution in [2.24, 2.45) is 0 Å². The molecule has 198 valence electrons. The van der Waals surface area contributed by atoms with Crippen molar-refractivity contribution in [3.05, 3.63) is 96.1 Å². The fourth-order valence-corrected chi connectivity index (χ4v) is 2.96. The third-order valence-corrected chi connectivity index (χ3v) is 4.88. The minimum Gasteiger partial charge on any atom is -0.482 e. The summed E-state index contributed by atoms with van der Waals surface area (Å²) in [6, 6.07) is 23.8. The van der Waals surface area contributed by atoms with E-state index in [0.29, 0.717) is 0 Å². The van der Waals surface area contributed by atoms with Crippen molar-refractivity contribution >= 4 is 23.9 Å². The zero-order valence-electron chi connectivity index (χ0n) is 20.6. The molecule has 3 rings (SSSR count). The summed E-state index contributed by atoms with van der Waals surface area (Å²) < 4.78 is 30.5. The van der Waals surface area contributed by atoms with Gasteiger partial charge in [-0.05, 0) is 35.4 Å². The molecule has 0 bridgehead atoms. The Hall–Kier alpha value is -4.86. The van der Waals surface area contributed by atoms with Gasteiger partial charge in [0.15, 0.2) is 13.2 Å². The Morgan fingerprint density at radius 1 is 0.605 bits per heavy atom. The summed E-state index contributed by atoms with van der Waals surface area (Å²) in [7, 11) is 1.13. The molecule has 0 saturated heterocycles. The minimum atomic E-state index is -1.63. The lowest BCUT2D eigenvalue weighted by atomic mass is 10.2. The van der Waals surface area contributed by atoms with Crippen molar-refractivity contribution in [2.75, 3.05) is 20.3 Å². The fraction of sp³-hybridized carbons (Fsp3) is 0.214. The highest BCUT2D eigenvalue weighted by molar-refractivity contribution is 5.98. The molecule has 10 nitrogen and oxygen atoms in total. The molecule has 3 aromatic carbocycles. The van der Waals surface area contributed by atoms with Crippen molar-refractivity contribution in [3.8, 4) is 11.5 Å². The Bertz CT molecular complexity index is 1190. The van der Waals surface area contributed by atoms with Crippen LogP contribution >= 0.6 is 0 Å². The first kappa shape index (κ1) is 27.7. The largest absolute Gasteiger partial charge is 0.482 e. The number of rotatable bonds is 13. The summed E-state index contributed by atoms with van der Waals surface area (Å²) in [4.78, 5) is 48.1. The summed E-state index contributed by atoms with van der Waals surface area (Å²) in [5.41, 5.74) is 1.55. The van der Waals surface area contributed by atoms with Crippen molar-refractivity contribution in [1.82, 2.24) is 0 Å². The lowest BCUT2D eigenvalue weighted by molar-refractivity contribution is -0.166. The molecule has 0 heterocycles. The van der Waals surface area contributed by atoms with Gasteiger partial charge in [-0.15, -0.1) is 0 Å². The Morgan fingerprint density at radius 2 is 1.13 bits per heavy atom. The van der Waals surface area contributed by atoms with Crippen LogP contribution in [0.3, 0.4) is 0 Å². The first-order chi connectivity index (χ1) is 18.4. The molecule has 10 heteroatoms. The quantitative estimate of drug-likeness (QED) is 0.188. The summed E-state index contributed by atoms with van der Waals surface area (Å²) >= 11 is 0. The third kappa shape index (κ3) is 9.30. The van der Waals surface area contributed by atoms with Gasteiger partial charge in [0.1, 0.15) is 24.7 Å². The van der Waals surface area contributed by atoms with E-state index in [1.807, 2.05) is 24.3 Å². The van der Waals surface area contributed by atoms with Gasteiger partial charge < -0.3 is 28.4 Å². The van der Waals surface area contributed by atoms with Crippen molar-refractivity contribution < 1.29 is 47.6 Å². The maximum absolute atomic E-state index is 12.4. The molecule has 0 aliphatic heterocycles. The zero-order valence-corrected chi connectivity index (χ0v) is 20.6. The van der Waals surface area contributed by atoms with Crippen LogP contribution in [-0.4, -0.2) is 50.3 Å². The molecule has 0 radical (unpaired) electrons. The van der Waals surface area contributed by atoms with E-state index in [1.165, 1.54) is 24.3 Å². The van der Waals surface area contributed by atoms with E-state index in [1.54, 1.807) is 36.4 Å². The lowest BCUT2D eigenvalue weighted by Gasteiger charge is -2.16. The molecule has 3 aromatic rings. The van der Waals surface area contributed by atoms with Crippen LogP contribution in [0.4, 0.5) is 0 Å². The van der Waals surface area contributed by atoms with Crippen molar-refractivity contribution in [3.63, 3.8) is 0 Å². The first-order valence-electron chi connectivity index (χ1n) is 11.5. The molecule has 1 atom stereocenters. The number of ether oxygens (including phenoxy) is 6. The van der Waals surface area contributed by atoms with Gasteiger partial charge in [0.2, 0.25) is 0 Å². The molecular formula is C28H26O10. The maximum Gasteiger partial charge on any atom is 0.359 e. The molecule has 0 aliphatic carbocycles. The second kappa shape index (κ2) is 14.6. The van der Waals surface area contributed by atoms with Gasteiger partial charge in [0, 0.05) is 0 Å². The molecule has 0 unspecified atom stereocenters. The van der Waals surface area contributed by atoms with Crippen LogP contribution in [0.5, 0.6) is 11.5 Å². The van der Waals surface area contributed by atoms with Gasteiger partial charge in [-0.3, -0.25) is 0 Å². The van der Waals surface area contributed by atoms with Crippen LogP contribution < -0.4 is 9.47 Å². The highest BCUT2D eigenvalue weighted by Crippen LogP contribution is 2.20. The van der Waals surface area contributed by atoms with Gasteiger partial charge >= 0.3 is 23.9 Å². The molecular weight excluding hydrogens is 496 g/mol. The smallest absolute Gasteiger partial charge is 0.359 e. The third-order valence-electron chi connectivity index (χ3n) is 4.88. The van der Waals surface area contributed by atoms with Crippen LogP contribution in [0.1, 0.15) is 11.1 Å². The van der Waals surface area contributed by atoms with Gasteiger partial charge in [0.05, 0.1) is 7.11 Å². The Balaban J connectivity index is 1.42. The number of esters is 4. The number of hydrogen-bond donors (Lipinski definition) is 0. The zero-order chi connectivity index (χ0) is 27.2. The second-order valence-corrected chi connectivity index (χ2v) is 7.68. The van der Waals surface area contributed by atoms with Crippen molar-refractivity contribution in [1.29, 1.82) is 0 Å². The van der Waals surface area contributed by atoms with Gasteiger partial charge in [-0.1, -0.05) is 60.7 Å². The average molecular weight is 523 g/mol. The summed E-state index contributed by atoms with van der Waals surface area (Å²) in [5, 5.41) is 0. The standard InChI is InChI=1S/C28H26O10/c1-33-27(31)26(28(32)37-17-21-10-6-3-7-11-21)38-23-14-12-22(13-15-23)34-18-24(29)36-19-25(30)35-16-20-8-4-2-5-9-20/h2-15,26H,16-19H2,1H3/t26-/m0/s1. The molecule has 0 N–H and O–H groups in total. The molecule has 0 fully saturated rings. The second-order valence-electron chi connectivity index (χ2n) is 7.68. The predicted molar refractivity (Wildman–Crippen MR) is 132 cm³/mol. The van der Waals surface area contributed by atoms with Crippen LogP contribution in [0.25, 0.3) is 0 Å². The summed E-state index contributed by atoms with van der Waals surface area (Å²) in [5.74, 6) is -2.85. The fourth-order valence-electron chi connectivity index (χ4n) is 2.96. The van der Waals surface area contributed by atoms with Crippen molar-refractivity contribution in [2.45, 2.75) is 19.3 Å². The predicted octanol–water partition coefficient (Wildman–Crippen LogP) is 3.02. The molecule has 0 aliphatic rings. The van der Waals surface area contributed by atoms with Gasteiger partial charge in [0.25, 0.3) is 6.10 Å². The van der Waals surface area contributed by atoms with E-state index in [0.717, 1.165) is 18.2 Å². The summed E-state index contributed by atoms with van der Waals surface area (Å²) in [6.45, 7) is -0.965. The summed E-state index contributed by atoms with van der Waals surface area (Å²) in [6.07, 6.45) is -1.63. The van der Waals surface area contributed by atoms with Crippen LogP contribution in [-0.2, 0) is 51.3 Å². The van der Waals surface area contributed by atoms with E-state index in [4.69, 9.17) is 23.7 Å². The molecule has 0 aromatic heterocycles. The number of carbonyl (C=O) groups excluding carboxylic acids is 4. The normalized spacial score (nSPS) is 11.0. The molecule has 0 spiro atoms. The maximum atomic E-state index is 12.4. The topological polar surface area (TPSA) is 124 Å². The molecule has 38 heavy (non-hydrogen) atoms. The highest BCUT2D eigenvalue weighted by atomic mass is 16.6. The van der Waals surface area contributed by atoms with Gasteiger partial charge in [-0.2, -0.15) is 0 Å². The lowest BCUT2D eigenvalue weighted by Crippen LogP contribution is -2.38. The number of benzene rings is 3.